The number of ketones is 1. The molecule has 1 aliphatic carbocycles. The van der Waals surface area contributed by atoms with Gasteiger partial charge >= 0.3 is 6.03 Å². The van der Waals surface area contributed by atoms with Crippen LogP contribution in [-0.2, 0) is 29.2 Å². The first-order chi connectivity index (χ1) is 21.1. The molecular weight excluding hydrogens is 612 g/mol. The van der Waals surface area contributed by atoms with Crippen LogP contribution < -0.4 is 21.7 Å². The first-order valence-corrected chi connectivity index (χ1v) is 18.2. The van der Waals surface area contributed by atoms with Crippen LogP contribution in [0.5, 0.6) is 0 Å². The second-order valence-electron chi connectivity index (χ2n) is 15.9. The fourth-order valence-electron chi connectivity index (χ4n) is 6.38. The maximum Gasteiger partial charge on any atom is 0.315 e. The van der Waals surface area contributed by atoms with Gasteiger partial charge in [-0.3, -0.25) is 19.2 Å². The van der Waals surface area contributed by atoms with E-state index in [9.17, 15) is 32.4 Å². The van der Waals surface area contributed by atoms with Gasteiger partial charge in [-0.25, -0.2) is 13.2 Å². The van der Waals surface area contributed by atoms with E-state index in [1.54, 1.807) is 0 Å². The normalized spacial score (nSPS) is 24.2. The van der Waals surface area contributed by atoms with Crippen LogP contribution in [0.4, 0.5) is 4.79 Å². The molecule has 14 heteroatoms. The van der Waals surface area contributed by atoms with Crippen molar-refractivity contribution in [2.24, 2.45) is 34.3 Å². The number of urea groups is 1. The number of sulfonamides is 1. The molecule has 262 valence electrons. The van der Waals surface area contributed by atoms with E-state index in [0.717, 1.165) is 19.3 Å². The summed E-state index contributed by atoms with van der Waals surface area (Å²) in [5.74, 6) is -2.78. The molecule has 2 saturated heterocycles. The molecule has 3 fully saturated rings. The minimum absolute atomic E-state index is 0.0326. The number of hydrogen-bond donors (Lipinski definition) is 4. The molecule has 1 saturated carbocycles. The number of amides is 5. The molecule has 5 atom stereocenters. The maximum absolute atomic E-state index is 14.3. The highest BCUT2D eigenvalue weighted by Crippen LogP contribution is 2.36. The fourth-order valence-corrected chi connectivity index (χ4v) is 7.99. The van der Waals surface area contributed by atoms with Crippen LogP contribution in [0.1, 0.15) is 93.9 Å². The van der Waals surface area contributed by atoms with Crippen LogP contribution in [-0.4, -0.2) is 96.7 Å². The highest BCUT2D eigenvalue weighted by molar-refractivity contribution is 7.89. The van der Waals surface area contributed by atoms with Crippen molar-refractivity contribution in [2.75, 3.05) is 25.4 Å². The molecule has 2 aliphatic heterocycles. The lowest BCUT2D eigenvalue weighted by Gasteiger charge is -2.39. The van der Waals surface area contributed by atoms with Gasteiger partial charge in [0, 0.05) is 25.7 Å². The van der Waals surface area contributed by atoms with E-state index >= 15 is 0 Å². The molecule has 0 bridgehead atoms. The van der Waals surface area contributed by atoms with Gasteiger partial charge in [0.2, 0.25) is 27.6 Å². The lowest BCUT2D eigenvalue weighted by molar-refractivity contribution is -0.144. The first-order valence-electron chi connectivity index (χ1n) is 16.6. The highest BCUT2D eigenvalue weighted by Gasteiger charge is 2.48. The van der Waals surface area contributed by atoms with E-state index in [-0.39, 0.29) is 36.6 Å². The van der Waals surface area contributed by atoms with E-state index in [4.69, 9.17) is 5.73 Å². The van der Waals surface area contributed by atoms with Crippen LogP contribution in [0.2, 0.25) is 0 Å². The van der Waals surface area contributed by atoms with E-state index < -0.39 is 74.6 Å². The first kappa shape index (κ1) is 37.7. The quantitative estimate of drug-likeness (QED) is 0.228. The van der Waals surface area contributed by atoms with Crippen molar-refractivity contribution in [1.82, 2.24) is 25.2 Å². The molecule has 0 aromatic carbocycles. The van der Waals surface area contributed by atoms with Crippen LogP contribution in [0.25, 0.3) is 0 Å². The molecule has 5 amide bonds. The molecule has 2 unspecified atom stereocenters. The molecule has 0 radical (unpaired) electrons. The predicted octanol–water partition coefficient (Wildman–Crippen LogP) is 1.75. The van der Waals surface area contributed by atoms with Gasteiger partial charge in [-0.15, -0.1) is 0 Å². The highest BCUT2D eigenvalue weighted by atomic mass is 32.2. The summed E-state index contributed by atoms with van der Waals surface area (Å²) in [4.78, 5) is 67.5. The van der Waals surface area contributed by atoms with Crippen LogP contribution >= 0.6 is 0 Å². The SMILES string of the molecule is CC(C)C1CCN(C(=O)[C@@H](NC(=O)N[C@H](CN2CCCCS2(=O)=O)C(C)(C)C)C(C)(C)C)[C@@H]1C(=O)NC(CC1CC1)C(=O)C(N)=O. The largest absolute Gasteiger partial charge is 0.363 e. The number of carbonyl (C=O) groups excluding carboxylic acids is 5. The Hall–Kier alpha value is -2.74. The van der Waals surface area contributed by atoms with E-state index in [2.05, 4.69) is 16.0 Å². The number of nitrogens with two attached hydrogens (primary N) is 1. The zero-order valence-corrected chi connectivity index (χ0v) is 29.7. The third-order valence-corrected chi connectivity index (χ3v) is 11.5. The Balaban J connectivity index is 1.82. The molecule has 0 aromatic heterocycles. The Morgan fingerprint density at radius 2 is 1.50 bits per heavy atom. The van der Waals surface area contributed by atoms with E-state index in [0.29, 0.717) is 25.8 Å². The van der Waals surface area contributed by atoms with Gasteiger partial charge in [-0.1, -0.05) is 68.2 Å². The fraction of sp³-hybridized carbons (Fsp3) is 0.844. The summed E-state index contributed by atoms with van der Waals surface area (Å²) in [7, 11) is -3.42. The minimum atomic E-state index is -3.42. The van der Waals surface area contributed by atoms with Gasteiger partial charge in [0.1, 0.15) is 12.1 Å². The average Bonchev–Trinajstić information content (AvgIpc) is 3.62. The van der Waals surface area contributed by atoms with Gasteiger partial charge in [0.15, 0.2) is 0 Å². The molecule has 46 heavy (non-hydrogen) atoms. The Bertz CT molecular complexity index is 1270. The number of likely N-dealkylation sites (tertiary alicyclic amines) is 1. The smallest absolute Gasteiger partial charge is 0.315 e. The molecule has 0 spiro atoms. The Morgan fingerprint density at radius 1 is 0.870 bits per heavy atom. The minimum Gasteiger partial charge on any atom is -0.363 e. The van der Waals surface area contributed by atoms with Crippen LogP contribution in [0.15, 0.2) is 0 Å². The van der Waals surface area contributed by atoms with Gasteiger partial charge in [0.25, 0.3) is 5.91 Å². The maximum atomic E-state index is 14.3. The topological polar surface area (TPSA) is 188 Å². The van der Waals surface area contributed by atoms with Gasteiger partial charge < -0.3 is 26.6 Å². The number of hydrogen-bond acceptors (Lipinski definition) is 7. The number of rotatable bonds is 12. The van der Waals surface area contributed by atoms with Crippen molar-refractivity contribution >= 4 is 39.6 Å². The van der Waals surface area contributed by atoms with Crippen molar-refractivity contribution in [1.29, 1.82) is 0 Å². The molecular formula is C32H56N6O7S. The second kappa shape index (κ2) is 14.6. The zero-order chi connectivity index (χ0) is 34.8. The molecule has 13 nitrogen and oxygen atoms in total. The van der Waals surface area contributed by atoms with Crippen molar-refractivity contribution in [3.8, 4) is 0 Å². The summed E-state index contributed by atoms with van der Waals surface area (Å²) >= 11 is 0. The number of Topliss-reactive ketones (excluding diaryl/α,β-unsaturated/α-hetero) is 1. The van der Waals surface area contributed by atoms with Crippen molar-refractivity contribution in [2.45, 2.75) is 118 Å². The third-order valence-electron chi connectivity index (χ3n) is 9.57. The van der Waals surface area contributed by atoms with Crippen molar-refractivity contribution < 1.29 is 32.4 Å². The Labute approximate surface area is 274 Å². The second-order valence-corrected chi connectivity index (χ2v) is 17.9. The molecule has 2 heterocycles. The lowest BCUT2D eigenvalue weighted by Crippen LogP contribution is -2.62. The summed E-state index contributed by atoms with van der Waals surface area (Å²) in [6.45, 7) is 15.9. The number of nitrogens with zero attached hydrogens (tertiary/aromatic N) is 2. The Morgan fingerprint density at radius 3 is 2.00 bits per heavy atom. The third kappa shape index (κ3) is 9.65. The molecule has 5 N–H and O–H groups in total. The lowest BCUT2D eigenvalue weighted by atomic mass is 9.84. The number of carbonyl (C=O) groups is 5. The standard InChI is InChI=1S/C32H56N6O7S/c1-19(2)21-13-15-38(24(21)28(41)34-22(17-20-11-12-20)25(39)27(33)40)29(42)26(32(6,7)8)36-30(43)35-23(31(3,4)5)18-37-14-9-10-16-46(37,44)45/h19-24,26H,9-18H2,1-8H3,(H2,33,40)(H,34,41)(H2,35,36,43)/t21?,22?,23-,24+,26-/m1/s1. The molecule has 0 aromatic rings. The van der Waals surface area contributed by atoms with Crippen molar-refractivity contribution in [3.05, 3.63) is 0 Å². The number of primary amides is 1. The monoisotopic (exact) mass is 668 g/mol. The van der Waals surface area contributed by atoms with Crippen molar-refractivity contribution in [3.63, 3.8) is 0 Å². The summed E-state index contributed by atoms with van der Waals surface area (Å²) in [6, 6.07) is -4.14. The average molecular weight is 669 g/mol. The van der Waals surface area contributed by atoms with Crippen LogP contribution in [0.3, 0.4) is 0 Å². The predicted molar refractivity (Wildman–Crippen MR) is 175 cm³/mol. The summed E-state index contributed by atoms with van der Waals surface area (Å²) in [5, 5.41) is 8.54. The molecule has 3 aliphatic rings. The van der Waals surface area contributed by atoms with Crippen LogP contribution in [0, 0.1) is 28.6 Å². The van der Waals surface area contributed by atoms with Gasteiger partial charge in [-0.2, -0.15) is 4.31 Å². The summed E-state index contributed by atoms with van der Waals surface area (Å²) in [6.07, 6.45) is 4.05. The summed E-state index contributed by atoms with van der Waals surface area (Å²) in [5.41, 5.74) is 4.04. The van der Waals surface area contributed by atoms with E-state index in [1.165, 1.54) is 9.21 Å². The van der Waals surface area contributed by atoms with Gasteiger partial charge in [0.05, 0.1) is 11.8 Å². The summed E-state index contributed by atoms with van der Waals surface area (Å²) < 4.78 is 26.8. The van der Waals surface area contributed by atoms with Gasteiger partial charge in [-0.05, 0) is 54.3 Å². The number of nitrogens with one attached hydrogen (secondary N) is 3. The zero-order valence-electron chi connectivity index (χ0n) is 28.9. The molecule has 3 rings (SSSR count). The Kier molecular flexibility index (Phi) is 11.9. The van der Waals surface area contributed by atoms with E-state index in [1.807, 2.05) is 55.4 Å².